The molecule has 2 unspecified atom stereocenters. The summed E-state index contributed by atoms with van der Waals surface area (Å²) in [6, 6.07) is 0. The van der Waals surface area contributed by atoms with Crippen LogP contribution in [0.15, 0.2) is 35.5 Å². The van der Waals surface area contributed by atoms with Crippen molar-refractivity contribution in [2.24, 2.45) is 5.92 Å². The van der Waals surface area contributed by atoms with Crippen molar-refractivity contribution < 1.29 is 14.3 Å². The Bertz CT molecular complexity index is 418. The summed E-state index contributed by atoms with van der Waals surface area (Å²) in [5.41, 5.74) is 2.32. The van der Waals surface area contributed by atoms with Crippen molar-refractivity contribution in [2.75, 3.05) is 13.2 Å². The molecule has 0 aromatic rings. The summed E-state index contributed by atoms with van der Waals surface area (Å²) in [5.74, 6) is 0.105. The van der Waals surface area contributed by atoms with Gasteiger partial charge in [0.05, 0.1) is 19.3 Å². The van der Waals surface area contributed by atoms with E-state index < -0.39 is 0 Å². The number of esters is 1. The molecule has 0 amide bonds. The molecule has 1 fully saturated rings. The van der Waals surface area contributed by atoms with Gasteiger partial charge < -0.3 is 9.47 Å². The molecule has 3 nitrogen and oxygen atoms in total. The zero-order chi connectivity index (χ0) is 13.7. The maximum absolute atomic E-state index is 11.6. The molecule has 2 atom stereocenters. The molecule has 0 aromatic carbocycles. The Kier molecular flexibility index (Phi) is 4.97. The fourth-order valence-corrected chi connectivity index (χ4v) is 2.57. The van der Waals surface area contributed by atoms with Crippen LogP contribution in [-0.2, 0) is 14.3 Å². The van der Waals surface area contributed by atoms with Gasteiger partial charge in [-0.25, -0.2) is 4.79 Å². The molecular weight excluding hydrogens is 240 g/mol. The Morgan fingerprint density at radius 3 is 3.21 bits per heavy atom. The van der Waals surface area contributed by atoms with Crippen LogP contribution in [0.2, 0.25) is 0 Å². The number of hydrogen-bond acceptors (Lipinski definition) is 3. The fourth-order valence-electron chi connectivity index (χ4n) is 2.57. The molecule has 1 saturated heterocycles. The number of carbonyl (C=O) groups excluding carboxylic acids is 1. The summed E-state index contributed by atoms with van der Waals surface area (Å²) < 4.78 is 10.7. The van der Waals surface area contributed by atoms with Gasteiger partial charge in [0.25, 0.3) is 0 Å². The van der Waals surface area contributed by atoms with Gasteiger partial charge in [-0.15, -0.1) is 0 Å². The number of carbonyl (C=O) groups is 1. The summed E-state index contributed by atoms with van der Waals surface area (Å²) in [6.07, 6.45) is 11.5. The quantitative estimate of drug-likeness (QED) is 0.435. The normalized spacial score (nSPS) is 33.6. The van der Waals surface area contributed by atoms with Crippen LogP contribution < -0.4 is 0 Å². The summed E-state index contributed by atoms with van der Waals surface area (Å²) in [4.78, 5) is 11.6. The van der Waals surface area contributed by atoms with E-state index in [1.54, 1.807) is 6.08 Å². The van der Waals surface area contributed by atoms with Crippen LogP contribution in [0.4, 0.5) is 0 Å². The van der Waals surface area contributed by atoms with Crippen LogP contribution in [0.25, 0.3) is 0 Å². The molecule has 2 rings (SSSR count). The van der Waals surface area contributed by atoms with E-state index in [0.717, 1.165) is 24.8 Å². The predicted molar refractivity (Wildman–Crippen MR) is 74.7 cm³/mol. The van der Waals surface area contributed by atoms with E-state index in [4.69, 9.17) is 9.47 Å². The van der Waals surface area contributed by atoms with Crippen molar-refractivity contribution in [1.82, 2.24) is 0 Å². The van der Waals surface area contributed by atoms with Gasteiger partial charge in [0, 0.05) is 12.0 Å². The summed E-state index contributed by atoms with van der Waals surface area (Å²) >= 11 is 0. The van der Waals surface area contributed by atoms with E-state index >= 15 is 0 Å². The van der Waals surface area contributed by atoms with E-state index in [2.05, 4.69) is 25.2 Å². The first-order valence-electron chi connectivity index (χ1n) is 7.06. The van der Waals surface area contributed by atoms with Gasteiger partial charge in [0.2, 0.25) is 0 Å². The molecule has 0 aromatic heterocycles. The SMILES string of the molecule is CCOC(=O)/C=C1\C=C2\COC(C)C2/C=C\CCC1. The molecule has 1 heterocycles. The number of fused-ring (bicyclic) bond motifs is 1. The number of allylic oxidation sites excluding steroid dienone is 3. The lowest BCUT2D eigenvalue weighted by Crippen LogP contribution is -2.09. The molecule has 3 heteroatoms. The van der Waals surface area contributed by atoms with Crippen molar-refractivity contribution >= 4 is 5.97 Å². The molecule has 1 aliphatic carbocycles. The van der Waals surface area contributed by atoms with Gasteiger partial charge in [-0.2, -0.15) is 0 Å². The van der Waals surface area contributed by atoms with Gasteiger partial charge >= 0.3 is 5.97 Å². The average molecular weight is 262 g/mol. The minimum absolute atomic E-state index is 0.226. The molecule has 2 aliphatic rings. The lowest BCUT2D eigenvalue weighted by molar-refractivity contribution is -0.137. The molecule has 0 radical (unpaired) electrons. The summed E-state index contributed by atoms with van der Waals surface area (Å²) in [6.45, 7) is 5.01. The fraction of sp³-hybridized carbons (Fsp3) is 0.562. The highest BCUT2D eigenvalue weighted by Gasteiger charge is 2.27. The Hall–Kier alpha value is -1.35. The van der Waals surface area contributed by atoms with E-state index in [1.165, 1.54) is 5.57 Å². The lowest BCUT2D eigenvalue weighted by Gasteiger charge is -2.10. The van der Waals surface area contributed by atoms with Crippen LogP contribution in [0.5, 0.6) is 0 Å². The zero-order valence-electron chi connectivity index (χ0n) is 11.7. The van der Waals surface area contributed by atoms with Gasteiger partial charge in [0.15, 0.2) is 0 Å². The Labute approximate surface area is 115 Å². The van der Waals surface area contributed by atoms with Gasteiger partial charge in [0.1, 0.15) is 0 Å². The van der Waals surface area contributed by atoms with Gasteiger partial charge in [-0.05, 0) is 44.3 Å². The van der Waals surface area contributed by atoms with E-state index in [9.17, 15) is 4.79 Å². The topological polar surface area (TPSA) is 35.5 Å². The monoisotopic (exact) mass is 262 g/mol. The minimum atomic E-state index is -0.245. The lowest BCUT2D eigenvalue weighted by atomic mass is 9.95. The molecular formula is C16H22O3. The minimum Gasteiger partial charge on any atom is -0.463 e. The molecule has 0 spiro atoms. The number of rotatable bonds is 2. The average Bonchev–Trinajstić information content (AvgIpc) is 2.74. The first kappa shape index (κ1) is 14.1. The Balaban J connectivity index is 2.20. The van der Waals surface area contributed by atoms with Crippen molar-refractivity contribution in [3.8, 4) is 0 Å². The standard InChI is InChI=1S/C16H22O3/c1-3-18-16(17)10-13-7-5-4-6-8-15-12(2)19-11-14(15)9-13/h6,8-10,12,15H,3-5,7,11H2,1-2H3/b8-6-,13-10-,14-9-. The van der Waals surface area contributed by atoms with Crippen molar-refractivity contribution in [2.45, 2.75) is 39.2 Å². The smallest absolute Gasteiger partial charge is 0.331 e. The van der Waals surface area contributed by atoms with Gasteiger partial charge in [-0.1, -0.05) is 18.2 Å². The van der Waals surface area contributed by atoms with Crippen LogP contribution >= 0.6 is 0 Å². The second-order valence-corrected chi connectivity index (χ2v) is 5.05. The van der Waals surface area contributed by atoms with Crippen LogP contribution in [0, 0.1) is 5.92 Å². The van der Waals surface area contributed by atoms with Crippen LogP contribution in [0.1, 0.15) is 33.1 Å². The summed E-state index contributed by atoms with van der Waals surface area (Å²) in [7, 11) is 0. The Morgan fingerprint density at radius 1 is 1.58 bits per heavy atom. The van der Waals surface area contributed by atoms with E-state index in [0.29, 0.717) is 19.1 Å². The largest absolute Gasteiger partial charge is 0.463 e. The summed E-state index contributed by atoms with van der Waals surface area (Å²) in [5, 5.41) is 0. The highest BCUT2D eigenvalue weighted by Crippen LogP contribution is 2.30. The van der Waals surface area contributed by atoms with Crippen molar-refractivity contribution in [3.63, 3.8) is 0 Å². The third-order valence-corrected chi connectivity index (χ3v) is 3.59. The highest BCUT2D eigenvalue weighted by atomic mass is 16.5. The predicted octanol–water partition coefficient (Wildman–Crippen LogP) is 3.18. The maximum Gasteiger partial charge on any atom is 0.331 e. The van der Waals surface area contributed by atoms with E-state index in [-0.39, 0.29) is 12.1 Å². The molecule has 0 saturated carbocycles. The molecule has 1 aliphatic heterocycles. The molecule has 0 N–H and O–H groups in total. The second-order valence-electron chi connectivity index (χ2n) is 5.05. The highest BCUT2D eigenvalue weighted by molar-refractivity contribution is 5.83. The van der Waals surface area contributed by atoms with E-state index in [1.807, 2.05) is 6.92 Å². The van der Waals surface area contributed by atoms with Crippen LogP contribution in [0.3, 0.4) is 0 Å². The maximum atomic E-state index is 11.6. The first-order valence-corrected chi connectivity index (χ1v) is 7.06. The van der Waals surface area contributed by atoms with Crippen molar-refractivity contribution in [1.29, 1.82) is 0 Å². The number of hydrogen-bond donors (Lipinski definition) is 0. The van der Waals surface area contributed by atoms with Crippen LogP contribution in [-0.4, -0.2) is 25.3 Å². The second kappa shape index (κ2) is 6.71. The third-order valence-electron chi connectivity index (χ3n) is 3.59. The Morgan fingerprint density at radius 2 is 2.42 bits per heavy atom. The van der Waals surface area contributed by atoms with Gasteiger partial charge in [-0.3, -0.25) is 0 Å². The molecule has 104 valence electrons. The first-order chi connectivity index (χ1) is 9.20. The molecule has 19 heavy (non-hydrogen) atoms. The number of ether oxygens (including phenoxy) is 2. The zero-order valence-corrected chi connectivity index (χ0v) is 11.7. The molecule has 0 bridgehead atoms. The third kappa shape index (κ3) is 3.80. The van der Waals surface area contributed by atoms with Crippen molar-refractivity contribution in [3.05, 3.63) is 35.5 Å².